The van der Waals surface area contributed by atoms with Gasteiger partial charge >= 0.3 is 6.09 Å². The van der Waals surface area contributed by atoms with E-state index in [0.29, 0.717) is 13.1 Å². The molecule has 0 bridgehead atoms. The third-order valence-corrected chi connectivity index (χ3v) is 2.74. The van der Waals surface area contributed by atoms with Gasteiger partial charge < -0.3 is 10.4 Å². The van der Waals surface area contributed by atoms with Gasteiger partial charge in [0.05, 0.1) is 0 Å². The topological polar surface area (TPSA) is 74.2 Å². The Morgan fingerprint density at radius 2 is 2.19 bits per heavy atom. The zero-order chi connectivity index (χ0) is 11.4. The number of nitrogens with zero attached hydrogens (tertiary/aromatic N) is 2. The average molecular weight is 223 g/mol. The summed E-state index contributed by atoms with van der Waals surface area (Å²) >= 11 is 0. The number of rotatable bonds is 2. The van der Waals surface area contributed by atoms with Gasteiger partial charge in [0.2, 0.25) is 0 Å². The molecule has 1 amide bonds. The highest BCUT2D eigenvalue weighted by atomic mass is 16.4. The van der Waals surface area contributed by atoms with Crippen molar-refractivity contribution >= 4 is 11.9 Å². The van der Waals surface area contributed by atoms with Crippen molar-refractivity contribution in [1.29, 1.82) is 0 Å². The van der Waals surface area contributed by atoms with Crippen molar-refractivity contribution in [2.75, 3.05) is 26.2 Å². The van der Waals surface area contributed by atoms with Crippen molar-refractivity contribution in [3.05, 3.63) is 24.4 Å². The number of quaternary nitrogens is 1. The maximum absolute atomic E-state index is 10.9. The molecule has 0 spiro atoms. The van der Waals surface area contributed by atoms with Gasteiger partial charge in [-0.1, -0.05) is 6.07 Å². The molecule has 0 atom stereocenters. The second-order valence-corrected chi connectivity index (χ2v) is 3.77. The van der Waals surface area contributed by atoms with E-state index >= 15 is 0 Å². The molecule has 16 heavy (non-hydrogen) atoms. The number of hydrogen-bond donors (Lipinski definition) is 3. The van der Waals surface area contributed by atoms with Crippen molar-refractivity contribution in [2.45, 2.75) is 0 Å². The standard InChI is InChI=1S/C10H14N4O2/c15-10(16)13-14(7-5-11-6-8-14)9-3-1-2-4-12-9/h1-4,11,13H,5-8H2/p+1. The Morgan fingerprint density at radius 1 is 1.44 bits per heavy atom. The summed E-state index contributed by atoms with van der Waals surface area (Å²) in [6.07, 6.45) is 0.661. The number of pyridine rings is 1. The lowest BCUT2D eigenvalue weighted by atomic mass is 10.3. The normalized spacial score (nSPS) is 19.0. The highest BCUT2D eigenvalue weighted by Crippen LogP contribution is 2.17. The van der Waals surface area contributed by atoms with Crippen LogP contribution in [-0.2, 0) is 0 Å². The van der Waals surface area contributed by atoms with Gasteiger partial charge in [-0.25, -0.2) is 9.78 Å². The van der Waals surface area contributed by atoms with Crippen LogP contribution in [0.3, 0.4) is 0 Å². The molecular formula is C10H15N4O2+. The van der Waals surface area contributed by atoms with Crippen molar-refractivity contribution in [3.8, 4) is 0 Å². The molecule has 0 radical (unpaired) electrons. The number of amides is 1. The molecule has 3 N–H and O–H groups in total. The summed E-state index contributed by atoms with van der Waals surface area (Å²) in [4.78, 5) is 15.1. The van der Waals surface area contributed by atoms with E-state index in [4.69, 9.17) is 5.11 Å². The summed E-state index contributed by atoms with van der Waals surface area (Å²) in [7, 11) is 0. The van der Waals surface area contributed by atoms with Crippen LogP contribution in [0.2, 0.25) is 0 Å². The number of hydrogen-bond acceptors (Lipinski definition) is 3. The van der Waals surface area contributed by atoms with Crippen molar-refractivity contribution in [2.24, 2.45) is 0 Å². The summed E-state index contributed by atoms with van der Waals surface area (Å²) < 4.78 is 0.198. The van der Waals surface area contributed by atoms with E-state index in [9.17, 15) is 4.79 Å². The molecule has 6 heteroatoms. The quantitative estimate of drug-likeness (QED) is 0.625. The van der Waals surface area contributed by atoms with Crippen LogP contribution in [0.4, 0.5) is 10.6 Å². The first kappa shape index (κ1) is 10.8. The van der Waals surface area contributed by atoms with Crippen LogP contribution in [0.25, 0.3) is 0 Å². The molecule has 86 valence electrons. The SMILES string of the molecule is O=C(O)N[N+]1(c2ccccn2)CCNCC1. The van der Waals surface area contributed by atoms with Crippen molar-refractivity contribution in [3.63, 3.8) is 0 Å². The fraction of sp³-hybridized carbons (Fsp3) is 0.400. The van der Waals surface area contributed by atoms with E-state index in [1.807, 2.05) is 18.2 Å². The summed E-state index contributed by atoms with van der Waals surface area (Å²) in [5.41, 5.74) is 2.56. The average Bonchev–Trinajstić information content (AvgIpc) is 2.30. The van der Waals surface area contributed by atoms with Crippen LogP contribution in [0.5, 0.6) is 0 Å². The van der Waals surface area contributed by atoms with Gasteiger partial charge in [-0.15, -0.1) is 0 Å². The lowest BCUT2D eigenvalue weighted by molar-refractivity contribution is 0.129. The molecular weight excluding hydrogens is 208 g/mol. The van der Waals surface area contributed by atoms with E-state index in [1.54, 1.807) is 6.20 Å². The first-order valence-corrected chi connectivity index (χ1v) is 5.23. The zero-order valence-corrected chi connectivity index (χ0v) is 8.89. The fourth-order valence-electron chi connectivity index (χ4n) is 1.96. The van der Waals surface area contributed by atoms with E-state index in [2.05, 4.69) is 15.7 Å². The summed E-state index contributed by atoms with van der Waals surface area (Å²) in [6.45, 7) is 2.89. The summed E-state index contributed by atoms with van der Waals surface area (Å²) in [5.74, 6) is 0.742. The first-order chi connectivity index (χ1) is 7.73. The zero-order valence-electron chi connectivity index (χ0n) is 8.89. The van der Waals surface area contributed by atoms with Crippen LogP contribution in [0.1, 0.15) is 0 Å². The third kappa shape index (κ3) is 2.12. The molecule has 1 fully saturated rings. The summed E-state index contributed by atoms with van der Waals surface area (Å²) in [5, 5.41) is 12.1. The van der Waals surface area contributed by atoms with Crippen LogP contribution >= 0.6 is 0 Å². The molecule has 6 nitrogen and oxygen atoms in total. The predicted octanol–water partition coefficient (Wildman–Crippen LogP) is 0.175. The van der Waals surface area contributed by atoms with Crippen LogP contribution in [0.15, 0.2) is 24.4 Å². The Kier molecular flexibility index (Phi) is 3.02. The molecule has 0 aromatic carbocycles. The van der Waals surface area contributed by atoms with E-state index in [1.165, 1.54) is 0 Å². The van der Waals surface area contributed by atoms with Gasteiger partial charge in [0.15, 0.2) is 0 Å². The van der Waals surface area contributed by atoms with Gasteiger partial charge in [-0.2, -0.15) is 10.0 Å². The molecule has 0 unspecified atom stereocenters. The minimum atomic E-state index is -1.02. The Morgan fingerprint density at radius 3 is 2.75 bits per heavy atom. The molecule has 2 heterocycles. The number of piperazine rings is 1. The van der Waals surface area contributed by atoms with Crippen LogP contribution < -0.4 is 15.3 Å². The Hall–Kier alpha value is -1.66. The highest BCUT2D eigenvalue weighted by Gasteiger charge is 2.36. The minimum absolute atomic E-state index is 0.198. The van der Waals surface area contributed by atoms with Gasteiger partial charge in [-0.05, 0) is 6.07 Å². The number of carbonyl (C=O) groups is 1. The number of carboxylic acid groups (broad SMARTS) is 1. The third-order valence-electron chi connectivity index (χ3n) is 2.74. The number of aromatic nitrogens is 1. The molecule has 0 saturated carbocycles. The van der Waals surface area contributed by atoms with Gasteiger partial charge in [-0.3, -0.25) is 0 Å². The maximum atomic E-state index is 10.9. The van der Waals surface area contributed by atoms with Gasteiger partial charge in [0.25, 0.3) is 5.82 Å². The Bertz CT molecular complexity index is 362. The second kappa shape index (κ2) is 4.46. The van der Waals surface area contributed by atoms with Crippen LogP contribution in [0, 0.1) is 0 Å². The lowest BCUT2D eigenvalue weighted by Gasteiger charge is -2.37. The lowest BCUT2D eigenvalue weighted by Crippen LogP contribution is -2.68. The van der Waals surface area contributed by atoms with Crippen molar-refractivity contribution < 1.29 is 9.90 Å². The fourth-order valence-corrected chi connectivity index (χ4v) is 1.96. The van der Waals surface area contributed by atoms with E-state index in [0.717, 1.165) is 18.9 Å². The van der Waals surface area contributed by atoms with Crippen molar-refractivity contribution in [1.82, 2.24) is 20.3 Å². The predicted molar refractivity (Wildman–Crippen MR) is 59.8 cm³/mol. The Labute approximate surface area is 93.5 Å². The molecule has 0 aliphatic carbocycles. The maximum Gasteiger partial charge on any atom is 0.449 e. The minimum Gasteiger partial charge on any atom is -0.462 e. The molecule has 1 aliphatic heterocycles. The van der Waals surface area contributed by atoms with E-state index in [-0.39, 0.29) is 4.59 Å². The first-order valence-electron chi connectivity index (χ1n) is 5.23. The summed E-state index contributed by atoms with van der Waals surface area (Å²) in [6, 6.07) is 5.54. The Balaban J connectivity index is 2.29. The van der Waals surface area contributed by atoms with Gasteiger partial charge in [0, 0.05) is 25.4 Å². The molecule has 1 saturated heterocycles. The smallest absolute Gasteiger partial charge is 0.449 e. The molecule has 1 aromatic heterocycles. The van der Waals surface area contributed by atoms with Gasteiger partial charge in [0.1, 0.15) is 13.1 Å². The monoisotopic (exact) mass is 223 g/mol. The van der Waals surface area contributed by atoms with E-state index < -0.39 is 6.09 Å². The molecule has 1 aromatic rings. The largest absolute Gasteiger partial charge is 0.462 e. The number of nitrogens with one attached hydrogen (secondary N) is 2. The second-order valence-electron chi connectivity index (χ2n) is 3.77. The molecule has 2 rings (SSSR count). The molecule has 1 aliphatic rings. The van der Waals surface area contributed by atoms with Crippen LogP contribution in [-0.4, -0.2) is 42.4 Å². The highest BCUT2D eigenvalue weighted by molar-refractivity contribution is 5.66.